The standard InChI is InChI=1S/C14H18N2O4/c17-14(8-15-11-3-4-18-9-11)16-10-1-2-12-13(7-10)20-6-5-19-12/h1-2,7,11,15H,3-6,8-9H2,(H,16,17). The first-order chi connectivity index (χ1) is 9.81. The Hall–Kier alpha value is -1.79. The Morgan fingerprint density at radius 3 is 2.85 bits per heavy atom. The molecule has 1 aromatic rings. The quantitative estimate of drug-likeness (QED) is 0.851. The van der Waals surface area contributed by atoms with Gasteiger partial charge < -0.3 is 24.8 Å². The molecular weight excluding hydrogens is 260 g/mol. The fourth-order valence-corrected chi connectivity index (χ4v) is 2.26. The number of anilines is 1. The minimum Gasteiger partial charge on any atom is -0.486 e. The van der Waals surface area contributed by atoms with Crippen molar-refractivity contribution in [3.63, 3.8) is 0 Å². The molecule has 0 aliphatic carbocycles. The number of ether oxygens (including phenoxy) is 3. The average Bonchev–Trinajstić information content (AvgIpc) is 2.98. The van der Waals surface area contributed by atoms with Crippen LogP contribution in [0.5, 0.6) is 11.5 Å². The fraction of sp³-hybridized carbons (Fsp3) is 0.500. The van der Waals surface area contributed by atoms with Crippen molar-refractivity contribution in [3.05, 3.63) is 18.2 Å². The molecule has 0 bridgehead atoms. The minimum absolute atomic E-state index is 0.0754. The van der Waals surface area contributed by atoms with Crippen LogP contribution >= 0.6 is 0 Å². The molecular formula is C14H18N2O4. The van der Waals surface area contributed by atoms with Crippen LogP contribution in [0.1, 0.15) is 6.42 Å². The van der Waals surface area contributed by atoms with Gasteiger partial charge in [0.25, 0.3) is 0 Å². The van der Waals surface area contributed by atoms with E-state index in [-0.39, 0.29) is 18.5 Å². The van der Waals surface area contributed by atoms with E-state index in [4.69, 9.17) is 14.2 Å². The monoisotopic (exact) mass is 278 g/mol. The SMILES string of the molecule is O=C(CNC1CCOC1)Nc1ccc2c(c1)OCCO2. The van der Waals surface area contributed by atoms with E-state index in [1.165, 1.54) is 0 Å². The van der Waals surface area contributed by atoms with Gasteiger partial charge in [-0.25, -0.2) is 0 Å². The number of hydrogen-bond donors (Lipinski definition) is 2. The molecule has 2 aliphatic heterocycles. The van der Waals surface area contributed by atoms with Crippen LogP contribution in [0.2, 0.25) is 0 Å². The van der Waals surface area contributed by atoms with Crippen molar-refractivity contribution in [2.24, 2.45) is 0 Å². The van der Waals surface area contributed by atoms with Crippen molar-refractivity contribution >= 4 is 11.6 Å². The molecule has 1 unspecified atom stereocenters. The van der Waals surface area contributed by atoms with Crippen LogP contribution in [0.25, 0.3) is 0 Å². The molecule has 0 spiro atoms. The number of hydrogen-bond acceptors (Lipinski definition) is 5. The van der Waals surface area contributed by atoms with Crippen molar-refractivity contribution < 1.29 is 19.0 Å². The number of nitrogens with one attached hydrogen (secondary N) is 2. The highest BCUT2D eigenvalue weighted by Gasteiger charge is 2.16. The van der Waals surface area contributed by atoms with E-state index in [9.17, 15) is 4.79 Å². The molecule has 6 heteroatoms. The van der Waals surface area contributed by atoms with Crippen LogP contribution < -0.4 is 20.1 Å². The van der Waals surface area contributed by atoms with Gasteiger partial charge in [0.2, 0.25) is 5.91 Å². The number of fused-ring (bicyclic) bond motifs is 1. The summed E-state index contributed by atoms with van der Waals surface area (Å²) in [7, 11) is 0. The van der Waals surface area contributed by atoms with Gasteiger partial charge in [-0.15, -0.1) is 0 Å². The van der Waals surface area contributed by atoms with Crippen molar-refractivity contribution in [1.82, 2.24) is 5.32 Å². The zero-order chi connectivity index (χ0) is 13.8. The molecule has 3 rings (SSSR count). The second-order valence-corrected chi connectivity index (χ2v) is 4.85. The third-order valence-corrected chi connectivity index (χ3v) is 3.31. The number of rotatable bonds is 4. The molecule has 2 heterocycles. The molecule has 2 aliphatic rings. The molecule has 6 nitrogen and oxygen atoms in total. The van der Waals surface area contributed by atoms with Gasteiger partial charge in [0, 0.05) is 24.4 Å². The number of amides is 1. The Bertz CT molecular complexity index is 486. The highest BCUT2D eigenvalue weighted by molar-refractivity contribution is 5.92. The lowest BCUT2D eigenvalue weighted by atomic mass is 10.2. The zero-order valence-electron chi connectivity index (χ0n) is 11.2. The molecule has 0 aromatic heterocycles. The summed E-state index contributed by atoms with van der Waals surface area (Å²) in [6.07, 6.45) is 0.956. The predicted octanol–water partition coefficient (Wildman–Crippen LogP) is 0.775. The second kappa shape index (κ2) is 6.11. The summed E-state index contributed by atoms with van der Waals surface area (Å²) in [6.45, 7) is 2.82. The minimum atomic E-state index is -0.0754. The van der Waals surface area contributed by atoms with Gasteiger partial charge in [0.1, 0.15) is 13.2 Å². The van der Waals surface area contributed by atoms with E-state index < -0.39 is 0 Å². The third kappa shape index (κ3) is 3.20. The van der Waals surface area contributed by atoms with E-state index in [0.29, 0.717) is 31.3 Å². The van der Waals surface area contributed by atoms with Crippen molar-refractivity contribution in [1.29, 1.82) is 0 Å². The first kappa shape index (κ1) is 13.2. The zero-order valence-corrected chi connectivity index (χ0v) is 11.2. The van der Waals surface area contributed by atoms with Gasteiger partial charge in [-0.3, -0.25) is 4.79 Å². The van der Waals surface area contributed by atoms with E-state index in [0.717, 1.165) is 18.8 Å². The van der Waals surface area contributed by atoms with Gasteiger partial charge in [0.15, 0.2) is 11.5 Å². The van der Waals surface area contributed by atoms with Crippen LogP contribution in [0, 0.1) is 0 Å². The Morgan fingerprint density at radius 2 is 2.05 bits per heavy atom. The van der Waals surface area contributed by atoms with Gasteiger partial charge in [0.05, 0.1) is 13.2 Å². The average molecular weight is 278 g/mol. The third-order valence-electron chi connectivity index (χ3n) is 3.31. The predicted molar refractivity (Wildman–Crippen MR) is 73.3 cm³/mol. The van der Waals surface area contributed by atoms with Gasteiger partial charge in [-0.05, 0) is 18.6 Å². The van der Waals surface area contributed by atoms with Crippen LogP contribution in [0.15, 0.2) is 18.2 Å². The van der Waals surface area contributed by atoms with E-state index in [1.54, 1.807) is 6.07 Å². The highest BCUT2D eigenvalue weighted by Crippen LogP contribution is 2.32. The van der Waals surface area contributed by atoms with Crippen LogP contribution in [0.3, 0.4) is 0 Å². The molecule has 0 radical (unpaired) electrons. The summed E-state index contributed by atoms with van der Waals surface area (Å²) in [5, 5.41) is 6.01. The maximum absolute atomic E-state index is 11.9. The molecule has 1 atom stereocenters. The van der Waals surface area contributed by atoms with Gasteiger partial charge >= 0.3 is 0 Å². The molecule has 2 N–H and O–H groups in total. The Kier molecular flexibility index (Phi) is 4.03. The lowest BCUT2D eigenvalue weighted by Gasteiger charge is -2.19. The van der Waals surface area contributed by atoms with Crippen molar-refractivity contribution in [2.45, 2.75) is 12.5 Å². The molecule has 1 aromatic carbocycles. The van der Waals surface area contributed by atoms with Gasteiger partial charge in [-0.1, -0.05) is 0 Å². The maximum atomic E-state index is 11.9. The Morgan fingerprint density at radius 1 is 1.20 bits per heavy atom. The van der Waals surface area contributed by atoms with Crippen molar-refractivity contribution in [3.8, 4) is 11.5 Å². The number of carbonyl (C=O) groups is 1. The maximum Gasteiger partial charge on any atom is 0.238 e. The lowest BCUT2D eigenvalue weighted by Crippen LogP contribution is -2.36. The Balaban J connectivity index is 1.52. The van der Waals surface area contributed by atoms with E-state index in [2.05, 4.69) is 10.6 Å². The topological polar surface area (TPSA) is 68.8 Å². The smallest absolute Gasteiger partial charge is 0.238 e. The van der Waals surface area contributed by atoms with Crippen LogP contribution in [-0.4, -0.2) is 44.9 Å². The van der Waals surface area contributed by atoms with E-state index >= 15 is 0 Å². The summed E-state index contributed by atoms with van der Waals surface area (Å²) in [4.78, 5) is 11.9. The second-order valence-electron chi connectivity index (χ2n) is 4.85. The summed E-state index contributed by atoms with van der Waals surface area (Å²) in [5.41, 5.74) is 0.712. The summed E-state index contributed by atoms with van der Waals surface area (Å²) in [5.74, 6) is 1.32. The number of benzene rings is 1. The van der Waals surface area contributed by atoms with Crippen LogP contribution in [-0.2, 0) is 9.53 Å². The summed E-state index contributed by atoms with van der Waals surface area (Å²) in [6, 6.07) is 5.68. The Labute approximate surface area is 117 Å². The van der Waals surface area contributed by atoms with Crippen LogP contribution in [0.4, 0.5) is 5.69 Å². The molecule has 108 valence electrons. The summed E-state index contributed by atoms with van der Waals surface area (Å²) < 4.78 is 16.2. The number of carbonyl (C=O) groups excluding carboxylic acids is 1. The molecule has 1 fully saturated rings. The van der Waals surface area contributed by atoms with E-state index in [1.807, 2.05) is 12.1 Å². The first-order valence-corrected chi connectivity index (χ1v) is 6.82. The lowest BCUT2D eigenvalue weighted by molar-refractivity contribution is -0.115. The fourth-order valence-electron chi connectivity index (χ4n) is 2.26. The van der Waals surface area contributed by atoms with Crippen molar-refractivity contribution in [2.75, 3.05) is 38.3 Å². The summed E-state index contributed by atoms with van der Waals surface area (Å²) >= 11 is 0. The normalized spacial score (nSPS) is 20.7. The first-order valence-electron chi connectivity index (χ1n) is 6.82. The largest absolute Gasteiger partial charge is 0.486 e. The highest BCUT2D eigenvalue weighted by atomic mass is 16.6. The van der Waals surface area contributed by atoms with Gasteiger partial charge in [-0.2, -0.15) is 0 Å². The molecule has 1 amide bonds. The molecule has 1 saturated heterocycles. The molecule has 20 heavy (non-hydrogen) atoms. The molecule has 0 saturated carbocycles.